The number of carbonyl (C=O) groups is 2. The smallest absolute Gasteiger partial charge is 0.262 e. The summed E-state index contributed by atoms with van der Waals surface area (Å²) in [6.45, 7) is 2.38. The molecule has 0 atom stereocenters. The minimum atomic E-state index is -3.86. The molecule has 1 heterocycles. The Kier molecular flexibility index (Phi) is 5.96. The highest BCUT2D eigenvalue weighted by Crippen LogP contribution is 2.24. The molecule has 2 amide bonds. The molecule has 0 saturated carbocycles. The monoisotopic (exact) mass is 449 g/mol. The minimum absolute atomic E-state index is 0.0388. The van der Waals surface area contributed by atoms with Crippen LogP contribution in [0.4, 0.5) is 17.1 Å². The van der Waals surface area contributed by atoms with E-state index in [9.17, 15) is 18.0 Å². The van der Waals surface area contributed by atoms with Crippen LogP contribution in [0.1, 0.15) is 28.8 Å². The molecule has 1 fully saturated rings. The quantitative estimate of drug-likeness (QED) is 0.590. The van der Waals surface area contributed by atoms with Crippen LogP contribution in [0.5, 0.6) is 0 Å². The third-order valence-corrected chi connectivity index (χ3v) is 6.80. The van der Waals surface area contributed by atoms with Crippen LogP contribution < -0.4 is 14.9 Å². The summed E-state index contributed by atoms with van der Waals surface area (Å²) in [6.07, 6.45) is 1.39. The summed E-state index contributed by atoms with van der Waals surface area (Å²) in [6, 6.07) is 20.2. The lowest BCUT2D eigenvalue weighted by molar-refractivity contribution is -0.117. The number of nitrogens with zero attached hydrogens (tertiary/aromatic N) is 1. The Hall–Kier alpha value is -3.65. The van der Waals surface area contributed by atoms with Gasteiger partial charge in [0.25, 0.3) is 15.9 Å². The lowest BCUT2D eigenvalue weighted by Crippen LogP contribution is -2.23. The molecular formula is C24H23N3O4S. The summed E-state index contributed by atoms with van der Waals surface area (Å²) in [5, 5.41) is 2.78. The molecular weight excluding hydrogens is 426 g/mol. The van der Waals surface area contributed by atoms with Gasteiger partial charge in [-0.25, -0.2) is 8.42 Å². The molecule has 4 rings (SSSR count). The Morgan fingerprint density at radius 1 is 0.938 bits per heavy atom. The third kappa shape index (κ3) is 4.65. The van der Waals surface area contributed by atoms with E-state index >= 15 is 0 Å². The van der Waals surface area contributed by atoms with E-state index in [1.54, 1.807) is 78.6 Å². The van der Waals surface area contributed by atoms with E-state index < -0.39 is 15.9 Å². The third-order valence-electron chi connectivity index (χ3n) is 5.28. The number of benzene rings is 3. The van der Waals surface area contributed by atoms with E-state index in [4.69, 9.17) is 0 Å². The van der Waals surface area contributed by atoms with Crippen molar-refractivity contribution in [2.24, 2.45) is 0 Å². The van der Waals surface area contributed by atoms with Crippen molar-refractivity contribution in [2.75, 3.05) is 21.5 Å². The number of rotatable bonds is 6. The lowest BCUT2D eigenvalue weighted by Gasteiger charge is -2.16. The molecule has 1 saturated heterocycles. The standard InChI is InChI=1S/C24H23N3O4S/c1-17-9-10-18(16-22(17)32(30,31)26-20-6-3-2-4-7-20)24(29)25-19-11-13-21(14-12-19)27-15-5-8-23(27)28/h2-4,6-7,9-14,16,26H,5,8,15H2,1H3,(H,25,29). The molecule has 0 unspecified atom stereocenters. The normalized spacial score (nSPS) is 13.8. The van der Waals surface area contributed by atoms with Crippen molar-refractivity contribution in [3.05, 3.63) is 83.9 Å². The van der Waals surface area contributed by atoms with Crippen LogP contribution in [-0.2, 0) is 14.8 Å². The molecule has 0 spiro atoms. The molecule has 0 aliphatic carbocycles. The van der Waals surface area contributed by atoms with Gasteiger partial charge in [-0.15, -0.1) is 0 Å². The maximum atomic E-state index is 12.9. The fourth-order valence-electron chi connectivity index (χ4n) is 3.60. The number of para-hydroxylation sites is 1. The van der Waals surface area contributed by atoms with Gasteiger partial charge in [0.1, 0.15) is 0 Å². The van der Waals surface area contributed by atoms with E-state index in [2.05, 4.69) is 10.0 Å². The van der Waals surface area contributed by atoms with Gasteiger partial charge in [0.15, 0.2) is 0 Å². The van der Waals surface area contributed by atoms with E-state index in [1.807, 2.05) is 0 Å². The SMILES string of the molecule is Cc1ccc(C(=O)Nc2ccc(N3CCCC3=O)cc2)cc1S(=O)(=O)Nc1ccccc1. The Morgan fingerprint density at radius 3 is 2.31 bits per heavy atom. The van der Waals surface area contributed by atoms with Gasteiger partial charge >= 0.3 is 0 Å². The first-order chi connectivity index (χ1) is 15.3. The molecule has 7 nitrogen and oxygen atoms in total. The number of carbonyl (C=O) groups excluding carboxylic acids is 2. The summed E-state index contributed by atoms with van der Waals surface area (Å²) < 4.78 is 28.3. The zero-order valence-corrected chi connectivity index (χ0v) is 18.4. The Balaban J connectivity index is 1.51. The molecule has 2 N–H and O–H groups in total. The number of aryl methyl sites for hydroxylation is 1. The predicted octanol–water partition coefficient (Wildman–Crippen LogP) is 4.17. The van der Waals surface area contributed by atoms with Gasteiger partial charge < -0.3 is 10.2 Å². The van der Waals surface area contributed by atoms with Crippen LogP contribution in [0.15, 0.2) is 77.7 Å². The van der Waals surface area contributed by atoms with Crippen molar-refractivity contribution < 1.29 is 18.0 Å². The van der Waals surface area contributed by atoms with E-state index in [0.717, 1.165) is 12.1 Å². The van der Waals surface area contributed by atoms with Crippen molar-refractivity contribution >= 4 is 38.9 Å². The van der Waals surface area contributed by atoms with Gasteiger partial charge in [-0.3, -0.25) is 14.3 Å². The second-order valence-corrected chi connectivity index (χ2v) is 9.25. The number of amides is 2. The maximum absolute atomic E-state index is 12.9. The number of nitrogens with one attached hydrogen (secondary N) is 2. The van der Waals surface area contributed by atoms with Gasteiger partial charge in [-0.05, 0) is 67.4 Å². The zero-order chi connectivity index (χ0) is 22.7. The first-order valence-corrected chi connectivity index (χ1v) is 11.7. The molecule has 0 bridgehead atoms. The molecule has 164 valence electrons. The van der Waals surface area contributed by atoms with Crippen molar-refractivity contribution in [2.45, 2.75) is 24.7 Å². The Morgan fingerprint density at radius 2 is 1.66 bits per heavy atom. The molecule has 32 heavy (non-hydrogen) atoms. The van der Waals surface area contributed by atoms with Gasteiger partial charge in [0.2, 0.25) is 5.91 Å². The predicted molar refractivity (Wildman–Crippen MR) is 124 cm³/mol. The molecule has 8 heteroatoms. The van der Waals surface area contributed by atoms with Gasteiger partial charge in [-0.2, -0.15) is 0 Å². The van der Waals surface area contributed by atoms with Gasteiger partial charge in [0, 0.05) is 35.6 Å². The molecule has 0 aromatic heterocycles. The second kappa shape index (κ2) is 8.84. The largest absolute Gasteiger partial charge is 0.322 e. The highest BCUT2D eigenvalue weighted by molar-refractivity contribution is 7.92. The first kappa shape index (κ1) is 21.6. The Labute approximate surface area is 187 Å². The van der Waals surface area contributed by atoms with Gasteiger partial charge in [0.05, 0.1) is 4.90 Å². The fraction of sp³-hybridized carbons (Fsp3) is 0.167. The van der Waals surface area contributed by atoms with Gasteiger partial charge in [-0.1, -0.05) is 24.3 Å². The van der Waals surface area contributed by atoms with Crippen molar-refractivity contribution in [1.82, 2.24) is 0 Å². The summed E-state index contributed by atoms with van der Waals surface area (Å²) >= 11 is 0. The van der Waals surface area contributed by atoms with E-state index in [0.29, 0.717) is 29.9 Å². The van der Waals surface area contributed by atoms with Crippen LogP contribution >= 0.6 is 0 Å². The molecule has 3 aromatic rings. The minimum Gasteiger partial charge on any atom is -0.322 e. The number of hydrogen-bond donors (Lipinski definition) is 2. The van der Waals surface area contributed by atoms with Crippen LogP contribution in [0, 0.1) is 6.92 Å². The van der Waals surface area contributed by atoms with Crippen LogP contribution in [0.2, 0.25) is 0 Å². The summed E-state index contributed by atoms with van der Waals surface area (Å²) in [4.78, 5) is 26.4. The summed E-state index contributed by atoms with van der Waals surface area (Å²) in [5.74, 6) is -0.328. The zero-order valence-electron chi connectivity index (χ0n) is 17.5. The topological polar surface area (TPSA) is 95.6 Å². The highest BCUT2D eigenvalue weighted by atomic mass is 32.2. The Bertz CT molecular complexity index is 1260. The number of anilines is 3. The second-order valence-electron chi connectivity index (χ2n) is 7.60. The number of sulfonamides is 1. The summed E-state index contributed by atoms with van der Waals surface area (Å²) in [5.41, 5.74) is 2.55. The average molecular weight is 450 g/mol. The molecule has 3 aromatic carbocycles. The molecule has 1 aliphatic rings. The van der Waals surface area contributed by atoms with Crippen molar-refractivity contribution in [3.8, 4) is 0 Å². The van der Waals surface area contributed by atoms with Crippen molar-refractivity contribution in [1.29, 1.82) is 0 Å². The number of hydrogen-bond acceptors (Lipinski definition) is 4. The average Bonchev–Trinajstić information content (AvgIpc) is 3.20. The van der Waals surface area contributed by atoms with E-state index in [1.165, 1.54) is 6.07 Å². The fourth-order valence-corrected chi connectivity index (χ4v) is 4.93. The first-order valence-electron chi connectivity index (χ1n) is 10.2. The maximum Gasteiger partial charge on any atom is 0.262 e. The van der Waals surface area contributed by atoms with E-state index in [-0.39, 0.29) is 16.4 Å². The highest BCUT2D eigenvalue weighted by Gasteiger charge is 2.22. The van der Waals surface area contributed by atoms with Crippen LogP contribution in [0.25, 0.3) is 0 Å². The van der Waals surface area contributed by atoms with Crippen LogP contribution in [0.3, 0.4) is 0 Å². The lowest BCUT2D eigenvalue weighted by atomic mass is 10.1. The van der Waals surface area contributed by atoms with Crippen LogP contribution in [-0.4, -0.2) is 26.8 Å². The summed E-state index contributed by atoms with van der Waals surface area (Å²) in [7, 11) is -3.86. The molecule has 0 radical (unpaired) electrons. The van der Waals surface area contributed by atoms with Crippen molar-refractivity contribution in [3.63, 3.8) is 0 Å². The molecule has 1 aliphatic heterocycles.